The Hall–Kier alpha value is -3.40. The maximum Gasteiger partial charge on any atom is 0.247 e. The highest BCUT2D eigenvalue weighted by atomic mass is 35.5. The molecular formula is C18H13ClN8O. The van der Waals surface area contributed by atoms with Gasteiger partial charge in [-0.2, -0.15) is 20.0 Å². The van der Waals surface area contributed by atoms with Crippen molar-refractivity contribution in [3.8, 4) is 12.1 Å². The van der Waals surface area contributed by atoms with Gasteiger partial charge in [0.25, 0.3) is 0 Å². The number of nitrogens with zero attached hydrogens (tertiary/aromatic N) is 6. The van der Waals surface area contributed by atoms with Crippen molar-refractivity contribution in [2.24, 2.45) is 0 Å². The van der Waals surface area contributed by atoms with E-state index in [4.69, 9.17) is 16.3 Å². The Morgan fingerprint density at radius 3 is 2.75 bits per heavy atom. The number of aromatic nitrogens is 4. The van der Waals surface area contributed by atoms with Gasteiger partial charge < -0.3 is 15.4 Å². The van der Waals surface area contributed by atoms with Gasteiger partial charge in [-0.1, -0.05) is 11.6 Å². The third kappa shape index (κ3) is 2.97. The summed E-state index contributed by atoms with van der Waals surface area (Å²) >= 11 is 6.52. The van der Waals surface area contributed by atoms with Crippen LogP contribution in [-0.4, -0.2) is 32.2 Å². The van der Waals surface area contributed by atoms with Crippen molar-refractivity contribution >= 4 is 34.7 Å². The number of rotatable bonds is 5. The van der Waals surface area contributed by atoms with Crippen LogP contribution in [-0.2, 0) is 4.74 Å². The van der Waals surface area contributed by atoms with Gasteiger partial charge in [-0.05, 0) is 25.0 Å². The number of anilines is 3. The molecule has 28 heavy (non-hydrogen) atoms. The molecule has 1 atom stereocenters. The Morgan fingerprint density at radius 2 is 2.07 bits per heavy atom. The zero-order chi connectivity index (χ0) is 19.3. The number of epoxide rings is 1. The van der Waals surface area contributed by atoms with Gasteiger partial charge in [0, 0.05) is 11.6 Å². The fraction of sp³-hybridized carbons (Fsp3) is 0.278. The number of nitriles is 2. The molecule has 2 N–H and O–H groups in total. The fourth-order valence-electron chi connectivity index (χ4n) is 2.91. The zero-order valence-corrected chi connectivity index (χ0v) is 15.2. The summed E-state index contributed by atoms with van der Waals surface area (Å²) in [5.74, 6) is 0.782. The van der Waals surface area contributed by atoms with Crippen LogP contribution in [0.2, 0.25) is 5.02 Å². The molecule has 1 saturated heterocycles. The van der Waals surface area contributed by atoms with Gasteiger partial charge in [-0.3, -0.25) is 0 Å². The molecule has 2 fully saturated rings. The van der Waals surface area contributed by atoms with Crippen LogP contribution in [0.15, 0.2) is 18.3 Å². The molecule has 1 aliphatic heterocycles. The second-order valence-electron chi connectivity index (χ2n) is 6.68. The lowest BCUT2D eigenvalue weighted by molar-refractivity contribution is 0.416. The van der Waals surface area contributed by atoms with Crippen LogP contribution in [0.4, 0.5) is 17.5 Å². The molecule has 5 rings (SSSR count). The smallest absolute Gasteiger partial charge is 0.247 e. The highest BCUT2D eigenvalue weighted by Crippen LogP contribution is 2.40. The number of hydrogen-bond acceptors (Lipinski definition) is 8. The standard InChI is InChI=1S/C18H13ClN8O/c19-15-12(14-8-28-14)3-9(5-20)4-13(15)24-18-25-16(23-10-1-2-10)17-22-7-11(6-21)27(17)26-18/h3-4,7,10,14H,1-2,8H2,(H2,23,24,25,26). The minimum atomic E-state index is -0.101. The van der Waals surface area contributed by atoms with Crippen LogP contribution in [0.3, 0.4) is 0 Å². The van der Waals surface area contributed by atoms with Crippen molar-refractivity contribution in [2.75, 3.05) is 17.2 Å². The topological polar surface area (TPSA) is 127 Å². The second-order valence-corrected chi connectivity index (χ2v) is 7.06. The molecule has 1 unspecified atom stereocenters. The number of hydrogen-bond donors (Lipinski definition) is 2. The van der Waals surface area contributed by atoms with Crippen LogP contribution in [0.5, 0.6) is 0 Å². The van der Waals surface area contributed by atoms with E-state index in [9.17, 15) is 10.5 Å². The first-order valence-corrected chi connectivity index (χ1v) is 9.08. The van der Waals surface area contributed by atoms with Gasteiger partial charge in [0.15, 0.2) is 17.2 Å². The van der Waals surface area contributed by atoms with Gasteiger partial charge >= 0.3 is 0 Å². The van der Waals surface area contributed by atoms with Crippen molar-refractivity contribution in [1.29, 1.82) is 10.5 Å². The average Bonchev–Trinajstić information content (AvgIpc) is 3.62. The van der Waals surface area contributed by atoms with E-state index in [-0.39, 0.29) is 12.1 Å². The molecule has 3 aromatic rings. The first-order chi connectivity index (χ1) is 13.7. The van der Waals surface area contributed by atoms with E-state index in [0.717, 1.165) is 18.4 Å². The van der Waals surface area contributed by atoms with Crippen LogP contribution in [0.25, 0.3) is 5.65 Å². The predicted molar refractivity (Wildman–Crippen MR) is 100 cm³/mol. The predicted octanol–water partition coefficient (Wildman–Crippen LogP) is 2.91. The van der Waals surface area contributed by atoms with Gasteiger partial charge in [-0.25, -0.2) is 4.98 Å². The molecule has 0 bridgehead atoms. The van der Waals surface area contributed by atoms with E-state index in [1.165, 1.54) is 10.7 Å². The molecule has 10 heteroatoms. The Balaban J connectivity index is 1.59. The number of halogens is 1. The molecular weight excluding hydrogens is 380 g/mol. The number of ether oxygens (including phenoxy) is 1. The third-order valence-electron chi connectivity index (χ3n) is 4.55. The Morgan fingerprint density at radius 1 is 1.25 bits per heavy atom. The van der Waals surface area contributed by atoms with Crippen molar-refractivity contribution in [3.63, 3.8) is 0 Å². The molecule has 2 aliphatic rings. The van der Waals surface area contributed by atoms with Gasteiger partial charge in [0.05, 0.1) is 35.1 Å². The lowest BCUT2D eigenvalue weighted by Gasteiger charge is -2.12. The number of imidazole rings is 1. The Bertz CT molecular complexity index is 1180. The van der Waals surface area contributed by atoms with E-state index >= 15 is 0 Å². The summed E-state index contributed by atoms with van der Waals surface area (Å²) in [4.78, 5) is 8.76. The number of nitrogens with one attached hydrogen (secondary N) is 2. The minimum absolute atomic E-state index is 0.101. The maximum absolute atomic E-state index is 9.33. The Kier molecular flexibility index (Phi) is 3.79. The van der Waals surface area contributed by atoms with E-state index in [1.54, 1.807) is 12.1 Å². The zero-order valence-electron chi connectivity index (χ0n) is 14.5. The fourth-order valence-corrected chi connectivity index (χ4v) is 3.19. The summed E-state index contributed by atoms with van der Waals surface area (Å²) in [5, 5.41) is 29.9. The van der Waals surface area contributed by atoms with Crippen molar-refractivity contribution in [2.45, 2.75) is 25.0 Å². The molecule has 0 radical (unpaired) electrons. The minimum Gasteiger partial charge on any atom is -0.368 e. The molecule has 1 saturated carbocycles. The van der Waals surface area contributed by atoms with Crippen molar-refractivity contribution in [3.05, 3.63) is 40.2 Å². The van der Waals surface area contributed by atoms with Gasteiger partial charge in [0.1, 0.15) is 12.2 Å². The lowest BCUT2D eigenvalue weighted by Crippen LogP contribution is -2.11. The number of benzene rings is 1. The molecule has 0 amide bonds. The quantitative estimate of drug-likeness (QED) is 0.634. The highest BCUT2D eigenvalue weighted by Gasteiger charge is 2.29. The molecule has 9 nitrogen and oxygen atoms in total. The Labute approximate surface area is 164 Å². The van der Waals surface area contributed by atoms with Gasteiger partial charge in [-0.15, -0.1) is 5.10 Å². The number of fused-ring (bicyclic) bond motifs is 1. The van der Waals surface area contributed by atoms with Gasteiger partial charge in [0.2, 0.25) is 5.95 Å². The normalized spacial score (nSPS) is 17.8. The van der Waals surface area contributed by atoms with E-state index in [2.05, 4.69) is 37.8 Å². The van der Waals surface area contributed by atoms with E-state index < -0.39 is 0 Å². The first-order valence-electron chi connectivity index (χ1n) is 8.71. The van der Waals surface area contributed by atoms with Crippen LogP contribution in [0, 0.1) is 22.7 Å². The maximum atomic E-state index is 9.33. The molecule has 1 aromatic carbocycles. The summed E-state index contributed by atoms with van der Waals surface area (Å²) in [6.07, 6.45) is 3.48. The molecule has 3 heterocycles. The van der Waals surface area contributed by atoms with Crippen molar-refractivity contribution < 1.29 is 4.74 Å². The van der Waals surface area contributed by atoms with E-state index in [0.29, 0.717) is 46.1 Å². The largest absolute Gasteiger partial charge is 0.368 e. The van der Waals surface area contributed by atoms with Crippen LogP contribution >= 0.6 is 11.6 Å². The van der Waals surface area contributed by atoms with Crippen molar-refractivity contribution in [1.82, 2.24) is 19.6 Å². The lowest BCUT2D eigenvalue weighted by atomic mass is 10.1. The SMILES string of the molecule is N#Cc1cc(Nc2nc(NC3CC3)c3ncc(C#N)n3n2)c(Cl)c(C2CO2)c1. The summed E-state index contributed by atoms with van der Waals surface area (Å²) < 4.78 is 6.75. The molecule has 1 aliphatic carbocycles. The molecule has 0 spiro atoms. The summed E-state index contributed by atoms with van der Waals surface area (Å²) in [5.41, 5.74) is 2.49. The molecule has 138 valence electrons. The summed E-state index contributed by atoms with van der Waals surface area (Å²) in [6.45, 7) is 0.576. The molecule has 2 aromatic heterocycles. The first kappa shape index (κ1) is 16.8. The highest BCUT2D eigenvalue weighted by molar-refractivity contribution is 6.34. The second kappa shape index (κ2) is 6.34. The summed E-state index contributed by atoms with van der Waals surface area (Å²) in [7, 11) is 0. The van der Waals surface area contributed by atoms with Crippen LogP contribution in [0.1, 0.15) is 35.8 Å². The summed E-state index contributed by atoms with van der Waals surface area (Å²) in [6, 6.07) is 7.90. The average molecular weight is 393 g/mol. The van der Waals surface area contributed by atoms with Crippen LogP contribution < -0.4 is 10.6 Å². The third-order valence-corrected chi connectivity index (χ3v) is 4.97. The monoisotopic (exact) mass is 392 g/mol. The van der Waals surface area contributed by atoms with E-state index in [1.807, 2.05) is 0 Å².